The Morgan fingerprint density at radius 1 is 1.50 bits per heavy atom. The Labute approximate surface area is 94.4 Å². The van der Waals surface area contributed by atoms with Crippen molar-refractivity contribution in [3.63, 3.8) is 0 Å². The third-order valence-corrected chi connectivity index (χ3v) is 2.75. The highest BCUT2D eigenvalue weighted by atomic mass is 16.5. The molecule has 4 heteroatoms. The van der Waals surface area contributed by atoms with Gasteiger partial charge in [0.1, 0.15) is 0 Å². The van der Waals surface area contributed by atoms with E-state index < -0.39 is 6.10 Å². The molecule has 0 aromatic heterocycles. The van der Waals surface area contributed by atoms with Crippen molar-refractivity contribution < 1.29 is 14.6 Å². The molecule has 0 spiro atoms. The lowest BCUT2D eigenvalue weighted by Crippen LogP contribution is -2.49. The molecule has 0 bridgehead atoms. The van der Waals surface area contributed by atoms with E-state index in [1.165, 1.54) is 0 Å². The monoisotopic (exact) mass is 221 g/mol. The number of morpholine rings is 1. The minimum atomic E-state index is -0.714. The van der Waals surface area contributed by atoms with E-state index in [0.717, 1.165) is 11.3 Å². The minimum absolute atomic E-state index is 0.164. The quantitative estimate of drug-likeness (QED) is 0.800. The molecule has 0 aliphatic carbocycles. The van der Waals surface area contributed by atoms with Crippen LogP contribution >= 0.6 is 0 Å². The van der Waals surface area contributed by atoms with Gasteiger partial charge in [0.05, 0.1) is 13.2 Å². The molecule has 1 aliphatic rings. The molecule has 1 heterocycles. The molecule has 4 nitrogen and oxygen atoms in total. The van der Waals surface area contributed by atoms with Crippen molar-refractivity contribution in [3.05, 3.63) is 29.8 Å². The van der Waals surface area contributed by atoms with Crippen LogP contribution < -0.4 is 4.90 Å². The fraction of sp³-hybridized carbons (Fsp3) is 0.417. The van der Waals surface area contributed by atoms with Gasteiger partial charge in [0.2, 0.25) is 0 Å². The minimum Gasteiger partial charge on any atom is -0.393 e. The van der Waals surface area contributed by atoms with Crippen LogP contribution in [-0.2, 0) is 9.53 Å². The van der Waals surface area contributed by atoms with Gasteiger partial charge in [-0.1, -0.05) is 18.2 Å². The number of carbonyl (C=O) groups excluding carboxylic acids is 1. The Hall–Kier alpha value is -1.39. The van der Waals surface area contributed by atoms with Gasteiger partial charge in [-0.05, 0) is 18.6 Å². The molecule has 1 fully saturated rings. The summed E-state index contributed by atoms with van der Waals surface area (Å²) in [5.41, 5.74) is 1.95. The highest BCUT2D eigenvalue weighted by molar-refractivity contribution is 5.97. The standard InChI is InChI=1S/C12H15NO3/c1-9-4-2-3-5-10(9)13-6-7-16-11(8-14)12(13)15/h2-5,11,14H,6-8H2,1H3. The van der Waals surface area contributed by atoms with E-state index in [1.54, 1.807) is 4.90 Å². The number of aryl methyl sites for hydroxylation is 1. The number of aliphatic hydroxyl groups is 1. The van der Waals surface area contributed by atoms with Crippen LogP contribution in [0, 0.1) is 6.92 Å². The second kappa shape index (κ2) is 4.63. The molecular formula is C12H15NO3. The maximum absolute atomic E-state index is 12.0. The van der Waals surface area contributed by atoms with Crippen LogP contribution in [0.3, 0.4) is 0 Å². The first-order valence-corrected chi connectivity index (χ1v) is 5.33. The lowest BCUT2D eigenvalue weighted by atomic mass is 10.1. The molecule has 1 unspecified atom stereocenters. The Kier molecular flexibility index (Phi) is 3.22. The lowest BCUT2D eigenvalue weighted by Gasteiger charge is -2.32. The number of ether oxygens (including phenoxy) is 1. The van der Waals surface area contributed by atoms with Crippen LogP contribution in [0.5, 0.6) is 0 Å². The highest BCUT2D eigenvalue weighted by Gasteiger charge is 2.30. The van der Waals surface area contributed by atoms with Gasteiger partial charge >= 0.3 is 0 Å². The summed E-state index contributed by atoms with van der Waals surface area (Å²) < 4.78 is 5.19. The van der Waals surface area contributed by atoms with Crippen molar-refractivity contribution in [2.45, 2.75) is 13.0 Å². The summed E-state index contributed by atoms with van der Waals surface area (Å²) in [7, 11) is 0. The number of nitrogens with zero attached hydrogens (tertiary/aromatic N) is 1. The van der Waals surface area contributed by atoms with Gasteiger partial charge < -0.3 is 14.7 Å². The van der Waals surface area contributed by atoms with E-state index in [-0.39, 0.29) is 12.5 Å². The van der Waals surface area contributed by atoms with Gasteiger partial charge in [-0.2, -0.15) is 0 Å². The zero-order valence-corrected chi connectivity index (χ0v) is 9.22. The summed E-state index contributed by atoms with van der Waals surface area (Å²) in [5.74, 6) is -0.164. The molecule has 0 saturated carbocycles. The molecule has 2 rings (SSSR count). The Morgan fingerprint density at radius 2 is 2.25 bits per heavy atom. The van der Waals surface area contributed by atoms with Crippen molar-refractivity contribution in [1.29, 1.82) is 0 Å². The molecule has 1 aromatic rings. The number of aliphatic hydroxyl groups excluding tert-OH is 1. The van der Waals surface area contributed by atoms with Gasteiger partial charge in [0, 0.05) is 12.2 Å². The molecule has 1 aliphatic heterocycles. The van der Waals surface area contributed by atoms with E-state index in [4.69, 9.17) is 9.84 Å². The summed E-state index contributed by atoms with van der Waals surface area (Å²) in [6, 6.07) is 7.71. The van der Waals surface area contributed by atoms with Crippen LogP contribution in [0.4, 0.5) is 5.69 Å². The number of para-hydroxylation sites is 1. The van der Waals surface area contributed by atoms with Crippen molar-refractivity contribution in [3.8, 4) is 0 Å². The van der Waals surface area contributed by atoms with E-state index in [2.05, 4.69) is 0 Å². The second-order valence-corrected chi connectivity index (χ2v) is 3.82. The lowest BCUT2D eigenvalue weighted by molar-refractivity contribution is -0.136. The number of amides is 1. The first kappa shape index (κ1) is 11.1. The predicted molar refractivity (Wildman–Crippen MR) is 60.4 cm³/mol. The van der Waals surface area contributed by atoms with Gasteiger partial charge in [-0.25, -0.2) is 0 Å². The molecule has 1 N–H and O–H groups in total. The van der Waals surface area contributed by atoms with E-state index in [0.29, 0.717) is 13.2 Å². The summed E-state index contributed by atoms with van der Waals surface area (Å²) >= 11 is 0. The molecular weight excluding hydrogens is 206 g/mol. The zero-order chi connectivity index (χ0) is 11.5. The average Bonchev–Trinajstić information content (AvgIpc) is 2.31. The third-order valence-electron chi connectivity index (χ3n) is 2.75. The first-order valence-electron chi connectivity index (χ1n) is 5.33. The van der Waals surface area contributed by atoms with E-state index in [1.807, 2.05) is 31.2 Å². The molecule has 1 saturated heterocycles. The second-order valence-electron chi connectivity index (χ2n) is 3.82. The number of anilines is 1. The van der Waals surface area contributed by atoms with E-state index >= 15 is 0 Å². The Morgan fingerprint density at radius 3 is 2.94 bits per heavy atom. The van der Waals surface area contributed by atoms with Gasteiger partial charge in [-0.15, -0.1) is 0 Å². The maximum atomic E-state index is 12.0. The number of rotatable bonds is 2. The Bertz CT molecular complexity index is 392. The SMILES string of the molecule is Cc1ccccc1N1CCOC(CO)C1=O. The number of hydrogen-bond acceptors (Lipinski definition) is 3. The molecule has 86 valence electrons. The molecule has 1 aromatic carbocycles. The van der Waals surface area contributed by atoms with Crippen LogP contribution in [0.2, 0.25) is 0 Å². The number of benzene rings is 1. The molecule has 16 heavy (non-hydrogen) atoms. The van der Waals surface area contributed by atoms with Crippen LogP contribution in [-0.4, -0.2) is 36.9 Å². The molecule has 1 amide bonds. The zero-order valence-electron chi connectivity index (χ0n) is 9.22. The summed E-state index contributed by atoms with van der Waals surface area (Å²) in [6.45, 7) is 2.71. The molecule has 1 atom stereocenters. The summed E-state index contributed by atoms with van der Waals surface area (Å²) in [5, 5.41) is 9.02. The topological polar surface area (TPSA) is 49.8 Å². The van der Waals surface area contributed by atoms with Crippen LogP contribution in [0.1, 0.15) is 5.56 Å². The maximum Gasteiger partial charge on any atom is 0.258 e. The highest BCUT2D eigenvalue weighted by Crippen LogP contribution is 2.22. The smallest absolute Gasteiger partial charge is 0.258 e. The van der Waals surface area contributed by atoms with Crippen molar-refractivity contribution in [1.82, 2.24) is 0 Å². The van der Waals surface area contributed by atoms with E-state index in [9.17, 15) is 4.79 Å². The average molecular weight is 221 g/mol. The molecule has 0 radical (unpaired) electrons. The van der Waals surface area contributed by atoms with Crippen LogP contribution in [0.25, 0.3) is 0 Å². The van der Waals surface area contributed by atoms with Gasteiger partial charge in [0.25, 0.3) is 5.91 Å². The number of carbonyl (C=O) groups is 1. The largest absolute Gasteiger partial charge is 0.393 e. The third kappa shape index (κ3) is 1.94. The number of hydrogen-bond donors (Lipinski definition) is 1. The van der Waals surface area contributed by atoms with Crippen molar-refractivity contribution in [2.24, 2.45) is 0 Å². The van der Waals surface area contributed by atoms with Gasteiger partial charge in [-0.3, -0.25) is 4.79 Å². The van der Waals surface area contributed by atoms with Gasteiger partial charge in [0.15, 0.2) is 6.10 Å². The summed E-state index contributed by atoms with van der Waals surface area (Å²) in [4.78, 5) is 13.6. The van der Waals surface area contributed by atoms with Crippen molar-refractivity contribution >= 4 is 11.6 Å². The fourth-order valence-corrected chi connectivity index (χ4v) is 1.88. The fourth-order valence-electron chi connectivity index (χ4n) is 1.88. The summed E-state index contributed by atoms with van der Waals surface area (Å²) in [6.07, 6.45) is -0.714. The first-order chi connectivity index (χ1) is 7.74. The Balaban J connectivity index is 2.27. The normalized spacial score (nSPS) is 21.2. The van der Waals surface area contributed by atoms with Crippen molar-refractivity contribution in [2.75, 3.05) is 24.7 Å². The predicted octanol–water partition coefficient (Wildman–Crippen LogP) is 0.719. The van der Waals surface area contributed by atoms with Crippen LogP contribution in [0.15, 0.2) is 24.3 Å².